The van der Waals surface area contributed by atoms with E-state index in [1.165, 1.54) is 11.4 Å². The minimum absolute atomic E-state index is 0.0260. The molecule has 2 aromatic heterocycles. The minimum atomic E-state index is -0.571. The van der Waals surface area contributed by atoms with Crippen LogP contribution in [0.15, 0.2) is 42.7 Å². The van der Waals surface area contributed by atoms with Crippen molar-refractivity contribution in [2.24, 2.45) is 5.73 Å². The predicted octanol–water partition coefficient (Wildman–Crippen LogP) is 1.87. The Morgan fingerprint density at radius 1 is 1.21 bits per heavy atom. The quantitative estimate of drug-likeness (QED) is 0.793. The number of nitrogens with two attached hydrogens (primary N) is 1. The van der Waals surface area contributed by atoms with Crippen molar-refractivity contribution < 1.29 is 9.59 Å². The van der Waals surface area contributed by atoms with Gasteiger partial charge in [-0.15, -0.1) is 0 Å². The predicted molar refractivity (Wildman–Crippen MR) is 90.6 cm³/mol. The number of carbonyl (C=O) groups excluding carboxylic acids is 2. The van der Waals surface area contributed by atoms with Gasteiger partial charge in [-0.05, 0) is 19.1 Å². The number of hydrogen-bond donors (Lipinski definition) is 1. The Hall–Kier alpha value is -3.22. The first-order chi connectivity index (χ1) is 11.5. The van der Waals surface area contributed by atoms with Gasteiger partial charge in [0.1, 0.15) is 0 Å². The second-order valence-electron chi connectivity index (χ2n) is 5.31. The third-order valence-corrected chi connectivity index (χ3v) is 3.80. The van der Waals surface area contributed by atoms with E-state index in [1.807, 2.05) is 31.2 Å². The number of carbonyl (C=O) groups is 2. The fourth-order valence-corrected chi connectivity index (χ4v) is 2.64. The molecule has 0 atom stereocenters. The zero-order valence-corrected chi connectivity index (χ0v) is 13.4. The molecule has 0 bridgehead atoms. The van der Waals surface area contributed by atoms with Crippen molar-refractivity contribution in [1.82, 2.24) is 14.6 Å². The zero-order valence-electron chi connectivity index (χ0n) is 13.4. The minimum Gasteiger partial charge on any atom is -0.365 e. The molecule has 2 amide bonds. The van der Waals surface area contributed by atoms with Crippen molar-refractivity contribution in [1.29, 1.82) is 0 Å². The van der Waals surface area contributed by atoms with Crippen molar-refractivity contribution in [3.8, 4) is 11.3 Å². The molecular formula is C17H17N5O2. The summed E-state index contributed by atoms with van der Waals surface area (Å²) in [6, 6.07) is 9.04. The highest BCUT2D eigenvalue weighted by Gasteiger charge is 2.15. The molecule has 0 radical (unpaired) electrons. The highest BCUT2D eigenvalue weighted by atomic mass is 16.2. The number of rotatable bonds is 4. The summed E-state index contributed by atoms with van der Waals surface area (Å²) in [6.07, 6.45) is 3.17. The smallest absolute Gasteiger partial charge is 0.252 e. The number of aromatic nitrogens is 3. The largest absolute Gasteiger partial charge is 0.365 e. The van der Waals surface area contributed by atoms with Crippen LogP contribution in [0.1, 0.15) is 24.2 Å². The average Bonchev–Trinajstić information content (AvgIpc) is 3.02. The maximum atomic E-state index is 11.8. The van der Waals surface area contributed by atoms with Crippen LogP contribution in [0.5, 0.6) is 0 Å². The van der Waals surface area contributed by atoms with Crippen LogP contribution in [0.4, 0.5) is 5.69 Å². The summed E-state index contributed by atoms with van der Waals surface area (Å²) in [5.41, 5.74) is 8.42. The van der Waals surface area contributed by atoms with Gasteiger partial charge in [0.25, 0.3) is 5.91 Å². The van der Waals surface area contributed by atoms with Gasteiger partial charge in [-0.3, -0.25) is 9.59 Å². The van der Waals surface area contributed by atoms with Crippen molar-refractivity contribution in [3.05, 3.63) is 48.3 Å². The number of benzene rings is 1. The van der Waals surface area contributed by atoms with E-state index < -0.39 is 5.91 Å². The fourth-order valence-electron chi connectivity index (χ4n) is 2.64. The van der Waals surface area contributed by atoms with Gasteiger partial charge in [0.05, 0.1) is 17.5 Å². The topological polar surface area (TPSA) is 93.6 Å². The Kier molecular flexibility index (Phi) is 3.99. The number of nitrogens with zero attached hydrogens (tertiary/aromatic N) is 4. The highest BCUT2D eigenvalue weighted by Crippen LogP contribution is 2.25. The Morgan fingerprint density at radius 3 is 2.50 bits per heavy atom. The molecule has 0 unspecified atom stereocenters. The van der Waals surface area contributed by atoms with Gasteiger partial charge in [-0.25, -0.2) is 9.50 Å². The summed E-state index contributed by atoms with van der Waals surface area (Å²) < 4.78 is 1.51. The lowest BCUT2D eigenvalue weighted by Crippen LogP contribution is -2.27. The molecule has 7 nitrogen and oxygen atoms in total. The van der Waals surface area contributed by atoms with Gasteiger partial charge in [0.2, 0.25) is 5.91 Å². The molecule has 0 saturated carbocycles. The number of hydrogen-bond acceptors (Lipinski definition) is 4. The molecule has 0 spiro atoms. The molecular weight excluding hydrogens is 306 g/mol. The monoisotopic (exact) mass is 323 g/mol. The Bertz CT molecular complexity index is 914. The van der Waals surface area contributed by atoms with Crippen LogP contribution in [0.25, 0.3) is 16.9 Å². The van der Waals surface area contributed by atoms with Crippen LogP contribution < -0.4 is 10.6 Å². The number of anilines is 1. The van der Waals surface area contributed by atoms with Crippen molar-refractivity contribution in [3.63, 3.8) is 0 Å². The lowest BCUT2D eigenvalue weighted by atomic mass is 10.1. The van der Waals surface area contributed by atoms with E-state index in [9.17, 15) is 9.59 Å². The Morgan fingerprint density at radius 2 is 1.92 bits per heavy atom. The lowest BCUT2D eigenvalue weighted by molar-refractivity contribution is -0.116. The summed E-state index contributed by atoms with van der Waals surface area (Å²) in [4.78, 5) is 29.5. The van der Waals surface area contributed by atoms with E-state index in [1.54, 1.807) is 23.4 Å². The molecule has 1 aromatic carbocycles. The molecule has 3 rings (SSSR count). The first-order valence-corrected chi connectivity index (χ1v) is 7.54. The van der Waals surface area contributed by atoms with Gasteiger partial charge < -0.3 is 10.6 Å². The van der Waals surface area contributed by atoms with Crippen LogP contribution in [0, 0.1) is 0 Å². The molecule has 24 heavy (non-hydrogen) atoms. The maximum absolute atomic E-state index is 11.8. The van der Waals surface area contributed by atoms with E-state index in [0.29, 0.717) is 17.9 Å². The summed E-state index contributed by atoms with van der Waals surface area (Å²) in [7, 11) is 0. The van der Waals surface area contributed by atoms with Crippen molar-refractivity contribution in [2.75, 3.05) is 11.4 Å². The molecule has 0 fully saturated rings. The molecule has 0 aliphatic rings. The van der Waals surface area contributed by atoms with Crippen LogP contribution in [0.2, 0.25) is 0 Å². The van der Waals surface area contributed by atoms with Gasteiger partial charge in [-0.2, -0.15) is 5.10 Å². The molecule has 122 valence electrons. The molecule has 7 heteroatoms. The number of fused-ring (bicyclic) bond motifs is 1. The van der Waals surface area contributed by atoms with Crippen molar-refractivity contribution in [2.45, 2.75) is 13.8 Å². The molecule has 2 N–H and O–H groups in total. The fraction of sp³-hybridized carbons (Fsp3) is 0.176. The highest BCUT2D eigenvalue weighted by molar-refractivity contribution is 5.99. The third-order valence-electron chi connectivity index (χ3n) is 3.80. The first-order valence-electron chi connectivity index (χ1n) is 7.54. The molecule has 0 saturated heterocycles. The first kappa shape index (κ1) is 15.7. The van der Waals surface area contributed by atoms with Crippen LogP contribution in [-0.4, -0.2) is 33.0 Å². The van der Waals surface area contributed by atoms with Gasteiger partial charge in [0, 0.05) is 37.0 Å². The molecule has 0 aliphatic heterocycles. The second-order valence-corrected chi connectivity index (χ2v) is 5.31. The Balaban J connectivity index is 2.08. The summed E-state index contributed by atoms with van der Waals surface area (Å²) in [5, 5.41) is 4.07. The maximum Gasteiger partial charge on any atom is 0.252 e. The third kappa shape index (κ3) is 2.71. The van der Waals surface area contributed by atoms with E-state index in [2.05, 4.69) is 10.1 Å². The molecule has 0 aliphatic carbocycles. The normalized spacial score (nSPS) is 10.8. The van der Waals surface area contributed by atoms with E-state index in [-0.39, 0.29) is 11.5 Å². The standard InChI is InChI=1S/C17H17N5O2/c1-3-21(11(2)23)13-6-4-12(5-7-13)16-14(17(18)24)10-22-15(20-16)8-9-19-22/h4-10H,3H2,1-2H3,(H2,18,24). The van der Waals surface area contributed by atoms with Gasteiger partial charge in [-0.1, -0.05) is 12.1 Å². The van der Waals surface area contributed by atoms with Gasteiger partial charge >= 0.3 is 0 Å². The van der Waals surface area contributed by atoms with E-state index >= 15 is 0 Å². The van der Waals surface area contributed by atoms with Crippen LogP contribution >= 0.6 is 0 Å². The van der Waals surface area contributed by atoms with Crippen LogP contribution in [-0.2, 0) is 4.79 Å². The lowest BCUT2D eigenvalue weighted by Gasteiger charge is -2.19. The zero-order chi connectivity index (χ0) is 17.3. The van der Waals surface area contributed by atoms with Gasteiger partial charge in [0.15, 0.2) is 5.65 Å². The average molecular weight is 323 g/mol. The SMILES string of the molecule is CCN(C(C)=O)c1ccc(-c2nc3ccnn3cc2C(N)=O)cc1. The molecule has 2 heterocycles. The van der Waals surface area contributed by atoms with E-state index in [4.69, 9.17) is 5.73 Å². The number of primary amides is 1. The summed E-state index contributed by atoms with van der Waals surface area (Å²) in [5.74, 6) is -0.597. The van der Waals surface area contributed by atoms with Crippen molar-refractivity contribution >= 4 is 23.1 Å². The second kappa shape index (κ2) is 6.11. The Labute approximate surface area is 138 Å². The molecule has 3 aromatic rings. The van der Waals surface area contributed by atoms with Crippen LogP contribution in [0.3, 0.4) is 0 Å². The summed E-state index contributed by atoms with van der Waals surface area (Å²) in [6.45, 7) is 4.02. The van der Waals surface area contributed by atoms with E-state index in [0.717, 1.165) is 11.3 Å². The number of amides is 2. The summed E-state index contributed by atoms with van der Waals surface area (Å²) >= 11 is 0.